The Morgan fingerprint density at radius 3 is 2.45 bits per heavy atom. The second-order valence-electron chi connectivity index (χ2n) is 12.8. The van der Waals surface area contributed by atoms with Crippen LogP contribution in [0.5, 0.6) is 5.75 Å². The van der Waals surface area contributed by atoms with E-state index in [1.165, 1.54) is 32.1 Å². The molecule has 3 heterocycles. The van der Waals surface area contributed by atoms with Gasteiger partial charge in [0, 0.05) is 47.2 Å². The quantitative estimate of drug-likeness (QED) is 0.420. The number of methoxy groups -OCH3 is 1. The molecule has 3 saturated carbocycles. The van der Waals surface area contributed by atoms with Crippen LogP contribution in [0.25, 0.3) is 0 Å². The van der Waals surface area contributed by atoms with Gasteiger partial charge in [-0.15, -0.1) is 0 Å². The van der Waals surface area contributed by atoms with E-state index >= 15 is 0 Å². The van der Waals surface area contributed by atoms with E-state index in [0.717, 1.165) is 82.9 Å². The Labute approximate surface area is 263 Å². The van der Waals surface area contributed by atoms with E-state index in [0.29, 0.717) is 29.0 Å². The SMILES string of the molecule is C1COCCN1.COc1cc(C(=O)NC2CCCCC2)ccc1Nc1ncc2c(n1)N(C1CCCC1)CC1(CC1)C(=O)N2C.[HH].[HH]. The number of carbonyl (C=O) groups is 2. The molecule has 0 unspecified atom stereocenters. The highest BCUT2D eigenvalue weighted by Gasteiger charge is 2.55. The van der Waals surface area contributed by atoms with Gasteiger partial charge >= 0.3 is 0 Å². The van der Waals surface area contributed by atoms with Gasteiger partial charge < -0.3 is 35.2 Å². The van der Waals surface area contributed by atoms with Crippen LogP contribution in [0.4, 0.5) is 23.1 Å². The number of nitrogens with one attached hydrogen (secondary N) is 3. The van der Waals surface area contributed by atoms with Gasteiger partial charge in [0.05, 0.1) is 37.6 Å². The molecule has 3 N–H and O–H groups in total. The minimum absolute atomic E-state index is 0. The van der Waals surface area contributed by atoms with E-state index in [4.69, 9.17) is 14.5 Å². The van der Waals surface area contributed by atoms with Crippen molar-refractivity contribution in [3.8, 4) is 5.75 Å². The highest BCUT2D eigenvalue weighted by molar-refractivity contribution is 6.03. The third kappa shape index (κ3) is 6.78. The van der Waals surface area contributed by atoms with Crippen molar-refractivity contribution in [2.24, 2.45) is 5.41 Å². The normalized spacial score (nSPS) is 21.6. The lowest BCUT2D eigenvalue weighted by Gasteiger charge is -2.31. The van der Waals surface area contributed by atoms with E-state index in [9.17, 15) is 9.59 Å². The van der Waals surface area contributed by atoms with Gasteiger partial charge in [0.15, 0.2) is 5.82 Å². The maximum absolute atomic E-state index is 13.3. The highest BCUT2D eigenvalue weighted by atomic mass is 16.5. The smallest absolute Gasteiger partial charge is 0.251 e. The van der Waals surface area contributed by atoms with Crippen LogP contribution >= 0.6 is 0 Å². The maximum atomic E-state index is 13.3. The summed E-state index contributed by atoms with van der Waals surface area (Å²) in [6.07, 6.45) is 14.0. The van der Waals surface area contributed by atoms with Gasteiger partial charge in [-0.2, -0.15) is 4.98 Å². The summed E-state index contributed by atoms with van der Waals surface area (Å²) >= 11 is 0. The number of rotatable bonds is 6. The summed E-state index contributed by atoms with van der Waals surface area (Å²) in [5, 5.41) is 9.64. The van der Waals surface area contributed by atoms with Crippen LogP contribution in [-0.2, 0) is 9.53 Å². The van der Waals surface area contributed by atoms with Gasteiger partial charge in [-0.1, -0.05) is 32.1 Å². The van der Waals surface area contributed by atoms with E-state index < -0.39 is 0 Å². The molecule has 0 atom stereocenters. The molecule has 2 aliphatic heterocycles. The Kier molecular flexibility index (Phi) is 9.51. The molecule has 1 aromatic carbocycles. The highest BCUT2D eigenvalue weighted by Crippen LogP contribution is 2.52. The third-order valence-electron chi connectivity index (χ3n) is 9.73. The van der Waals surface area contributed by atoms with Crippen molar-refractivity contribution < 1.29 is 21.9 Å². The van der Waals surface area contributed by atoms with Crippen molar-refractivity contribution in [3.63, 3.8) is 0 Å². The Hall–Kier alpha value is -3.44. The molecule has 1 saturated heterocycles. The van der Waals surface area contributed by atoms with Crippen LogP contribution in [-0.4, -0.2) is 80.9 Å². The number of fused-ring (bicyclic) bond motifs is 1. The van der Waals surface area contributed by atoms with Crippen molar-refractivity contribution in [3.05, 3.63) is 30.0 Å². The number of hydrogen-bond donors (Lipinski definition) is 3. The van der Waals surface area contributed by atoms with Gasteiger partial charge in [0.25, 0.3) is 5.91 Å². The average Bonchev–Trinajstić information content (AvgIpc) is 3.67. The number of carbonyl (C=O) groups excluding carboxylic acids is 2. The second-order valence-corrected chi connectivity index (χ2v) is 12.8. The number of hydrogen-bond acceptors (Lipinski definition) is 9. The number of benzene rings is 1. The zero-order valence-corrected chi connectivity index (χ0v) is 26.2. The van der Waals surface area contributed by atoms with Crippen molar-refractivity contribution in [2.75, 3.05) is 62.1 Å². The minimum atomic E-state index is -0.289. The van der Waals surface area contributed by atoms with Gasteiger partial charge in [-0.25, -0.2) is 4.98 Å². The Balaban J connectivity index is 0.000000541. The lowest BCUT2D eigenvalue weighted by Crippen LogP contribution is -2.41. The van der Waals surface area contributed by atoms with E-state index in [1.807, 2.05) is 13.1 Å². The van der Waals surface area contributed by atoms with Gasteiger partial charge in [0.1, 0.15) is 11.4 Å². The number of anilines is 4. The van der Waals surface area contributed by atoms with Crippen LogP contribution in [0, 0.1) is 5.41 Å². The van der Waals surface area contributed by atoms with Crippen molar-refractivity contribution in [2.45, 2.75) is 82.7 Å². The number of aromatic nitrogens is 2. The molecule has 3 aliphatic carbocycles. The summed E-state index contributed by atoms with van der Waals surface area (Å²) in [6.45, 7) is 4.55. The summed E-state index contributed by atoms with van der Waals surface area (Å²) in [6, 6.07) is 6.05. The molecule has 1 aromatic heterocycles. The Morgan fingerprint density at radius 1 is 1.09 bits per heavy atom. The van der Waals surface area contributed by atoms with E-state index in [1.54, 1.807) is 30.3 Å². The first-order valence-electron chi connectivity index (χ1n) is 16.4. The summed E-state index contributed by atoms with van der Waals surface area (Å²) in [5.41, 5.74) is 1.73. The fourth-order valence-electron chi connectivity index (χ4n) is 6.94. The molecule has 2 aromatic rings. The molecule has 2 amide bonds. The van der Waals surface area contributed by atoms with Crippen molar-refractivity contribution >= 4 is 35.0 Å². The van der Waals surface area contributed by atoms with Crippen LogP contribution in [0.1, 0.15) is 83.8 Å². The van der Waals surface area contributed by atoms with E-state index in [-0.39, 0.29) is 26.1 Å². The lowest BCUT2D eigenvalue weighted by atomic mass is 9.95. The number of morpholine rings is 1. The summed E-state index contributed by atoms with van der Waals surface area (Å²) in [4.78, 5) is 39.8. The molecule has 4 fully saturated rings. The largest absolute Gasteiger partial charge is 0.495 e. The molecular formula is C33H51N7O4. The standard InChI is InChI=1S/C29H38N6O3.C4H9NO.2H2/c1-34-23-17-30-28(33-25(23)35(21-10-6-7-11-21)18-29(14-15-29)27(34)37)32-22-13-12-19(16-24(22)38-2)26(36)31-20-8-4-3-5-9-20;1-3-6-4-2-5-1;;/h12-13,16-17,20-21H,3-11,14-15,18H2,1-2H3,(H,31,36)(H,30,32,33);5H,1-4H2;2*1H. The molecule has 1 spiro atoms. The third-order valence-corrected chi connectivity index (χ3v) is 9.73. The average molecular weight is 610 g/mol. The predicted octanol–water partition coefficient (Wildman–Crippen LogP) is 4.90. The Morgan fingerprint density at radius 2 is 1.82 bits per heavy atom. The first-order valence-corrected chi connectivity index (χ1v) is 16.4. The number of ether oxygens (including phenoxy) is 2. The van der Waals surface area contributed by atoms with Crippen LogP contribution in [0.15, 0.2) is 24.4 Å². The fraction of sp³-hybridized carbons (Fsp3) is 0.636. The molecular weight excluding hydrogens is 558 g/mol. The molecule has 0 radical (unpaired) electrons. The number of amides is 2. The van der Waals surface area contributed by atoms with Crippen LogP contribution < -0.4 is 30.5 Å². The summed E-state index contributed by atoms with van der Waals surface area (Å²) in [5.74, 6) is 1.91. The monoisotopic (exact) mass is 609 g/mol. The molecule has 44 heavy (non-hydrogen) atoms. The lowest BCUT2D eigenvalue weighted by molar-refractivity contribution is -0.122. The molecule has 5 aliphatic rings. The van der Waals surface area contributed by atoms with Crippen molar-refractivity contribution in [1.82, 2.24) is 20.6 Å². The predicted molar refractivity (Wildman–Crippen MR) is 175 cm³/mol. The minimum Gasteiger partial charge on any atom is -0.495 e. The Bertz CT molecular complexity index is 1320. The van der Waals surface area contributed by atoms with Crippen LogP contribution in [0.3, 0.4) is 0 Å². The topological polar surface area (TPSA) is 121 Å². The summed E-state index contributed by atoms with van der Waals surface area (Å²) < 4.78 is 10.6. The van der Waals surface area contributed by atoms with Gasteiger partial charge in [0.2, 0.25) is 11.9 Å². The van der Waals surface area contributed by atoms with Crippen molar-refractivity contribution in [1.29, 1.82) is 0 Å². The molecule has 242 valence electrons. The number of nitrogens with zero attached hydrogens (tertiary/aromatic N) is 4. The van der Waals surface area contributed by atoms with Gasteiger partial charge in [-0.3, -0.25) is 9.59 Å². The molecule has 7 rings (SSSR count). The first-order chi connectivity index (χ1) is 21.5. The molecule has 0 bridgehead atoms. The zero-order valence-electron chi connectivity index (χ0n) is 26.2. The molecule has 11 heteroatoms. The van der Waals surface area contributed by atoms with E-state index in [2.05, 4.69) is 25.8 Å². The fourth-order valence-corrected chi connectivity index (χ4v) is 6.94. The summed E-state index contributed by atoms with van der Waals surface area (Å²) in [7, 11) is 3.44. The molecule has 11 nitrogen and oxygen atoms in total. The first kappa shape index (κ1) is 30.6. The van der Waals surface area contributed by atoms with Crippen LogP contribution in [0.2, 0.25) is 0 Å². The van der Waals surface area contributed by atoms with Gasteiger partial charge in [-0.05, 0) is 56.7 Å². The maximum Gasteiger partial charge on any atom is 0.251 e. The second kappa shape index (κ2) is 13.7. The zero-order chi connectivity index (χ0) is 30.5.